The number of hydrogen-bond donors (Lipinski definition) is 0. The molecule has 0 atom stereocenters. The summed E-state index contributed by atoms with van der Waals surface area (Å²) in [6, 6.07) is 9.56. The van der Waals surface area contributed by atoms with E-state index in [9.17, 15) is 0 Å². The van der Waals surface area contributed by atoms with Crippen molar-refractivity contribution in [2.45, 2.75) is 118 Å². The van der Waals surface area contributed by atoms with Gasteiger partial charge in [-0.15, -0.1) is 12.4 Å². The fourth-order valence-corrected chi connectivity index (χ4v) is 5.24. The second kappa shape index (κ2) is 15.0. The fraction of sp³-hybridized carbons (Fsp3) is 0.684. The fourth-order valence-electron chi connectivity index (χ4n) is 5.24. The van der Waals surface area contributed by atoms with Gasteiger partial charge in [0, 0.05) is 35.3 Å². The van der Waals surface area contributed by atoms with Gasteiger partial charge in [0.2, 0.25) is 0 Å². The third-order valence-corrected chi connectivity index (χ3v) is 7.74. The lowest BCUT2D eigenvalue weighted by molar-refractivity contribution is 0.270. The molecule has 0 aliphatic rings. The molecule has 0 heterocycles. The zero-order chi connectivity index (χ0) is 32.3. The molecule has 5 heteroatoms. The van der Waals surface area contributed by atoms with E-state index in [1.54, 1.807) is 0 Å². The number of nitrogens with zero attached hydrogens (tertiary/aromatic N) is 2. The van der Waals surface area contributed by atoms with Gasteiger partial charge in [0.15, 0.2) is 0 Å². The minimum atomic E-state index is -0.0674. The van der Waals surface area contributed by atoms with E-state index in [-0.39, 0.29) is 34.1 Å². The Bertz CT molecular complexity index is 1010. The van der Waals surface area contributed by atoms with E-state index in [4.69, 9.17) is 9.47 Å². The van der Waals surface area contributed by atoms with Crippen LogP contribution in [0.1, 0.15) is 118 Å². The molecule has 0 aliphatic carbocycles. The molecule has 0 spiro atoms. The van der Waals surface area contributed by atoms with Gasteiger partial charge in [-0.05, 0) is 98.1 Å². The molecule has 43 heavy (non-hydrogen) atoms. The summed E-state index contributed by atoms with van der Waals surface area (Å²) >= 11 is 0. The molecule has 2 rings (SSSR count). The van der Waals surface area contributed by atoms with E-state index in [0.717, 1.165) is 37.4 Å². The summed E-state index contributed by atoms with van der Waals surface area (Å²) in [6.45, 7) is 31.1. The molecule has 246 valence electrons. The highest BCUT2D eigenvalue weighted by Gasteiger charge is 2.31. The van der Waals surface area contributed by atoms with E-state index >= 15 is 0 Å². The molecule has 0 aromatic heterocycles. The Hall–Kier alpha value is -1.75. The van der Waals surface area contributed by atoms with Gasteiger partial charge in [0.05, 0.1) is 13.2 Å². The van der Waals surface area contributed by atoms with Crippen molar-refractivity contribution in [3.8, 4) is 22.6 Å². The van der Waals surface area contributed by atoms with Crippen LogP contribution in [-0.2, 0) is 21.7 Å². The average Bonchev–Trinajstić information content (AvgIpc) is 2.81. The largest absolute Gasteiger partial charge is 0.493 e. The van der Waals surface area contributed by atoms with Gasteiger partial charge in [-0.2, -0.15) is 0 Å². The summed E-state index contributed by atoms with van der Waals surface area (Å²) in [6.07, 6.45) is 2.00. The Balaban J connectivity index is 0.00000924. The standard InChI is InChI=1S/C38H64N2O2.ClH/c1-35(2,3)29-23-27(24-30(36(4,5)6)33(29)41-21-17-19-39(13)14)28-25-31(37(7,8)9)34(32(26-28)38(10,11)12)42-22-18-20-40(15)16;/h23-26H,17-22H2,1-16H3;1H. The molecule has 0 saturated heterocycles. The minimum Gasteiger partial charge on any atom is -0.493 e. The summed E-state index contributed by atoms with van der Waals surface area (Å²) < 4.78 is 13.3. The molecule has 0 N–H and O–H groups in total. The van der Waals surface area contributed by atoms with Gasteiger partial charge in [-0.25, -0.2) is 0 Å². The minimum absolute atomic E-state index is 0. The molecule has 0 radical (unpaired) electrons. The first-order chi connectivity index (χ1) is 19.0. The first-order valence-electron chi connectivity index (χ1n) is 16.0. The van der Waals surface area contributed by atoms with Gasteiger partial charge < -0.3 is 19.3 Å². The van der Waals surface area contributed by atoms with Crippen LogP contribution in [0.15, 0.2) is 24.3 Å². The van der Waals surface area contributed by atoms with Crippen LogP contribution in [0.5, 0.6) is 11.5 Å². The van der Waals surface area contributed by atoms with Crippen LogP contribution in [0.3, 0.4) is 0 Å². The summed E-state index contributed by atoms with van der Waals surface area (Å²) in [5.74, 6) is 2.12. The van der Waals surface area contributed by atoms with Crippen LogP contribution in [0.2, 0.25) is 0 Å². The highest BCUT2D eigenvalue weighted by atomic mass is 35.5. The van der Waals surface area contributed by atoms with Crippen LogP contribution < -0.4 is 9.47 Å². The highest BCUT2D eigenvalue weighted by Crippen LogP contribution is 2.46. The molecule has 0 amide bonds. The molecule has 2 aromatic carbocycles. The maximum atomic E-state index is 6.66. The van der Waals surface area contributed by atoms with Crippen molar-refractivity contribution >= 4 is 12.4 Å². The van der Waals surface area contributed by atoms with E-state index in [0.29, 0.717) is 13.2 Å². The quantitative estimate of drug-likeness (QED) is 0.235. The maximum Gasteiger partial charge on any atom is 0.126 e. The molecular weight excluding hydrogens is 552 g/mol. The molecular formula is C38H65ClN2O2. The van der Waals surface area contributed by atoms with E-state index in [1.165, 1.54) is 33.4 Å². The monoisotopic (exact) mass is 616 g/mol. The first-order valence-corrected chi connectivity index (χ1v) is 16.0. The second-order valence-electron chi connectivity index (χ2n) is 16.8. The predicted molar refractivity (Wildman–Crippen MR) is 191 cm³/mol. The lowest BCUT2D eigenvalue weighted by Gasteiger charge is -2.33. The van der Waals surface area contributed by atoms with Crippen LogP contribution in [-0.4, -0.2) is 64.3 Å². The van der Waals surface area contributed by atoms with Crippen molar-refractivity contribution in [2.75, 3.05) is 54.5 Å². The van der Waals surface area contributed by atoms with Crippen molar-refractivity contribution in [2.24, 2.45) is 0 Å². The lowest BCUT2D eigenvalue weighted by atomic mass is 9.75. The SMILES string of the molecule is CN(C)CCCOc1c(C(C)(C)C)cc(-c2cc(C(C)(C)C)c(OCCCN(C)C)c(C(C)(C)C)c2)cc1C(C)(C)C.Cl. The smallest absolute Gasteiger partial charge is 0.126 e. The van der Waals surface area contributed by atoms with Gasteiger partial charge in [0.25, 0.3) is 0 Å². The number of halogens is 1. The van der Waals surface area contributed by atoms with Crippen molar-refractivity contribution in [3.63, 3.8) is 0 Å². The molecule has 2 aromatic rings. The van der Waals surface area contributed by atoms with Crippen LogP contribution in [0.4, 0.5) is 0 Å². The Morgan fingerprint density at radius 3 is 0.884 bits per heavy atom. The number of rotatable bonds is 11. The molecule has 4 nitrogen and oxygen atoms in total. The van der Waals surface area contributed by atoms with Gasteiger partial charge in [-0.1, -0.05) is 83.1 Å². The number of benzene rings is 2. The lowest BCUT2D eigenvalue weighted by Crippen LogP contribution is -2.22. The zero-order valence-corrected chi connectivity index (χ0v) is 31.5. The highest BCUT2D eigenvalue weighted by molar-refractivity contribution is 5.85. The van der Waals surface area contributed by atoms with E-state index < -0.39 is 0 Å². The zero-order valence-electron chi connectivity index (χ0n) is 30.7. The maximum absolute atomic E-state index is 6.66. The third-order valence-electron chi connectivity index (χ3n) is 7.74. The Morgan fingerprint density at radius 1 is 0.465 bits per heavy atom. The van der Waals surface area contributed by atoms with Crippen molar-refractivity contribution in [1.82, 2.24) is 9.80 Å². The van der Waals surface area contributed by atoms with Crippen molar-refractivity contribution < 1.29 is 9.47 Å². The summed E-state index contributed by atoms with van der Waals surface area (Å²) in [5, 5.41) is 0. The Morgan fingerprint density at radius 2 is 0.698 bits per heavy atom. The number of hydrogen-bond acceptors (Lipinski definition) is 4. The second-order valence-corrected chi connectivity index (χ2v) is 16.8. The molecule has 0 fully saturated rings. The van der Waals surface area contributed by atoms with Crippen molar-refractivity contribution in [1.29, 1.82) is 0 Å². The predicted octanol–water partition coefficient (Wildman–Crippen LogP) is 9.63. The third kappa shape index (κ3) is 11.3. The van der Waals surface area contributed by atoms with E-state index in [2.05, 4.69) is 145 Å². The Kier molecular flexibility index (Phi) is 13.7. The summed E-state index contributed by atoms with van der Waals surface area (Å²) in [5.41, 5.74) is 7.32. The van der Waals surface area contributed by atoms with Gasteiger partial charge >= 0.3 is 0 Å². The molecule has 0 bridgehead atoms. The van der Waals surface area contributed by atoms with Gasteiger partial charge in [0.1, 0.15) is 11.5 Å². The molecule has 0 saturated carbocycles. The number of ether oxygens (including phenoxy) is 2. The Labute approximate surface area is 272 Å². The van der Waals surface area contributed by atoms with Crippen molar-refractivity contribution in [3.05, 3.63) is 46.5 Å². The van der Waals surface area contributed by atoms with Crippen LogP contribution >= 0.6 is 12.4 Å². The van der Waals surface area contributed by atoms with Crippen LogP contribution in [0.25, 0.3) is 11.1 Å². The summed E-state index contributed by atoms with van der Waals surface area (Å²) in [7, 11) is 8.48. The molecule has 0 aliphatic heterocycles. The summed E-state index contributed by atoms with van der Waals surface area (Å²) in [4.78, 5) is 4.44. The van der Waals surface area contributed by atoms with Crippen LogP contribution in [0, 0.1) is 0 Å². The topological polar surface area (TPSA) is 24.9 Å². The average molecular weight is 617 g/mol. The van der Waals surface area contributed by atoms with Gasteiger partial charge in [-0.3, -0.25) is 0 Å². The molecule has 0 unspecified atom stereocenters. The van der Waals surface area contributed by atoms with E-state index in [1.807, 2.05) is 0 Å². The first kappa shape index (κ1) is 39.3. The normalized spacial score (nSPS) is 13.0.